The average molecular weight is 519 g/mol. The summed E-state index contributed by atoms with van der Waals surface area (Å²) in [6.07, 6.45) is 2.71. The van der Waals surface area contributed by atoms with Crippen molar-refractivity contribution in [2.75, 3.05) is 49.3 Å². The molecule has 1 aliphatic rings. The summed E-state index contributed by atoms with van der Waals surface area (Å²) >= 11 is 1.73. The van der Waals surface area contributed by atoms with Crippen molar-refractivity contribution in [2.45, 2.75) is 38.9 Å². The number of aliphatic imine (C=N–C) groups is 1. The van der Waals surface area contributed by atoms with Crippen LogP contribution in [-0.4, -0.2) is 53.9 Å². The van der Waals surface area contributed by atoms with Crippen molar-refractivity contribution in [3.63, 3.8) is 0 Å². The lowest BCUT2D eigenvalue weighted by Gasteiger charge is -2.20. The first-order valence-corrected chi connectivity index (χ1v) is 14.0. The van der Waals surface area contributed by atoms with E-state index in [4.69, 9.17) is 15.0 Å². The van der Waals surface area contributed by atoms with Crippen LogP contribution in [-0.2, 0) is 12.2 Å². The molecule has 1 aliphatic heterocycles. The van der Waals surface area contributed by atoms with Crippen molar-refractivity contribution >= 4 is 39.9 Å². The van der Waals surface area contributed by atoms with Crippen molar-refractivity contribution in [3.05, 3.63) is 70.9 Å². The summed E-state index contributed by atoms with van der Waals surface area (Å²) in [6.45, 7) is 5.81. The van der Waals surface area contributed by atoms with Gasteiger partial charge >= 0.3 is 0 Å². The molecule has 37 heavy (non-hydrogen) atoms. The Labute approximate surface area is 224 Å². The third-order valence-corrected chi connectivity index (χ3v) is 7.71. The van der Waals surface area contributed by atoms with Crippen LogP contribution in [0.3, 0.4) is 0 Å². The number of aliphatic hydroxyl groups is 1. The predicted octanol–water partition coefficient (Wildman–Crippen LogP) is 5.65. The number of thioether (sulfide) groups is 1. The highest BCUT2D eigenvalue weighted by molar-refractivity contribution is 8.13. The van der Waals surface area contributed by atoms with Crippen LogP contribution in [0.2, 0.25) is 0 Å². The Bertz CT molecular complexity index is 1220. The fraction of sp³-hybridized carbons (Fsp3) is 0.414. The van der Waals surface area contributed by atoms with Gasteiger partial charge in [0.05, 0.1) is 16.9 Å². The standard InChI is InChI=1S/C29H38N6OS/c1-5-21(18-36)13-15-30-27-26(28-33-25-12-7-6-10-23(25)19-37-28)20(2)32-29(34-27)31-16-14-22-9-8-11-24(17-22)35(3)4/h6-12,17,21,36H,5,13-16,18-19H2,1-4H3,(H2,30,31,32,34). The zero-order chi connectivity index (χ0) is 26.2. The quantitative estimate of drug-likeness (QED) is 0.286. The van der Waals surface area contributed by atoms with Crippen LogP contribution in [0.4, 0.5) is 23.1 Å². The van der Waals surface area contributed by atoms with Gasteiger partial charge in [-0.3, -0.25) is 0 Å². The molecular weight excluding hydrogens is 480 g/mol. The van der Waals surface area contributed by atoms with Crippen molar-refractivity contribution in [1.29, 1.82) is 0 Å². The summed E-state index contributed by atoms with van der Waals surface area (Å²) in [4.78, 5) is 16.8. The number of nitrogens with zero attached hydrogens (tertiary/aromatic N) is 4. The molecule has 2 aromatic carbocycles. The molecule has 0 spiro atoms. The molecule has 7 nitrogen and oxygen atoms in total. The highest BCUT2D eigenvalue weighted by Crippen LogP contribution is 2.35. The molecule has 4 rings (SSSR count). The molecule has 1 unspecified atom stereocenters. The molecule has 0 radical (unpaired) electrons. The number of aliphatic hydroxyl groups excluding tert-OH is 1. The monoisotopic (exact) mass is 518 g/mol. The molecule has 3 N–H and O–H groups in total. The number of rotatable bonds is 12. The Morgan fingerprint density at radius 3 is 2.68 bits per heavy atom. The van der Waals surface area contributed by atoms with Gasteiger partial charge in [0.1, 0.15) is 10.9 Å². The van der Waals surface area contributed by atoms with Gasteiger partial charge in [-0.05, 0) is 55.0 Å². The number of anilines is 3. The van der Waals surface area contributed by atoms with E-state index >= 15 is 0 Å². The van der Waals surface area contributed by atoms with Crippen molar-refractivity contribution in [3.8, 4) is 0 Å². The summed E-state index contributed by atoms with van der Waals surface area (Å²) in [7, 11) is 4.11. The van der Waals surface area contributed by atoms with E-state index in [-0.39, 0.29) is 12.5 Å². The number of aryl methyl sites for hydroxylation is 1. The summed E-state index contributed by atoms with van der Waals surface area (Å²) in [5, 5.41) is 17.5. The van der Waals surface area contributed by atoms with Crippen LogP contribution in [0.1, 0.15) is 42.1 Å². The zero-order valence-electron chi connectivity index (χ0n) is 22.3. The van der Waals surface area contributed by atoms with Gasteiger partial charge in [-0.25, -0.2) is 9.98 Å². The van der Waals surface area contributed by atoms with Gasteiger partial charge in [-0.2, -0.15) is 4.98 Å². The topological polar surface area (TPSA) is 85.7 Å². The summed E-state index contributed by atoms with van der Waals surface area (Å²) < 4.78 is 0. The van der Waals surface area contributed by atoms with E-state index in [0.717, 1.165) is 65.9 Å². The Morgan fingerprint density at radius 1 is 1.05 bits per heavy atom. The molecule has 1 atom stereocenters. The summed E-state index contributed by atoms with van der Waals surface area (Å²) in [6, 6.07) is 16.9. The molecule has 3 aromatic rings. The number of hydrogen-bond acceptors (Lipinski definition) is 8. The fourth-order valence-electron chi connectivity index (χ4n) is 4.32. The highest BCUT2D eigenvalue weighted by Gasteiger charge is 2.21. The van der Waals surface area contributed by atoms with E-state index in [0.29, 0.717) is 5.95 Å². The maximum atomic E-state index is 9.61. The minimum absolute atomic E-state index is 0.203. The van der Waals surface area contributed by atoms with E-state index in [1.165, 1.54) is 16.8 Å². The van der Waals surface area contributed by atoms with Gasteiger partial charge < -0.3 is 20.6 Å². The smallest absolute Gasteiger partial charge is 0.224 e. The van der Waals surface area contributed by atoms with Crippen LogP contribution in [0.5, 0.6) is 0 Å². The lowest BCUT2D eigenvalue weighted by atomic mass is 10.0. The van der Waals surface area contributed by atoms with Gasteiger partial charge in [0.25, 0.3) is 0 Å². The lowest BCUT2D eigenvalue weighted by Crippen LogP contribution is -2.18. The molecule has 0 saturated carbocycles. The maximum absolute atomic E-state index is 9.61. The minimum atomic E-state index is 0.203. The highest BCUT2D eigenvalue weighted by atomic mass is 32.2. The number of para-hydroxylation sites is 1. The second-order valence-electron chi connectivity index (χ2n) is 9.60. The molecule has 8 heteroatoms. The first kappa shape index (κ1) is 26.9. The molecule has 1 aromatic heterocycles. The van der Waals surface area contributed by atoms with Crippen molar-refractivity contribution in [2.24, 2.45) is 10.9 Å². The number of hydrogen-bond donors (Lipinski definition) is 3. The van der Waals surface area contributed by atoms with Crippen LogP contribution < -0.4 is 15.5 Å². The lowest BCUT2D eigenvalue weighted by molar-refractivity contribution is 0.217. The third-order valence-electron chi connectivity index (χ3n) is 6.69. The van der Waals surface area contributed by atoms with Crippen LogP contribution in [0, 0.1) is 12.8 Å². The largest absolute Gasteiger partial charge is 0.396 e. The molecule has 2 heterocycles. The number of fused-ring (bicyclic) bond motifs is 1. The third kappa shape index (κ3) is 7.02. The van der Waals surface area contributed by atoms with E-state index in [2.05, 4.69) is 79.0 Å². The Balaban J connectivity index is 1.55. The van der Waals surface area contributed by atoms with E-state index < -0.39 is 0 Å². The molecular formula is C29H38N6OS. The fourth-order valence-corrected chi connectivity index (χ4v) is 5.41. The molecule has 0 amide bonds. The molecule has 0 fully saturated rings. The molecule has 196 valence electrons. The SMILES string of the molecule is CCC(CO)CCNc1nc(NCCc2cccc(N(C)C)c2)nc(C)c1C1=Nc2ccccc2CS1. The number of aromatic nitrogens is 2. The summed E-state index contributed by atoms with van der Waals surface area (Å²) in [5.74, 6) is 2.57. The molecule has 0 saturated heterocycles. The van der Waals surface area contributed by atoms with Crippen LogP contribution in [0.15, 0.2) is 53.5 Å². The number of nitrogens with one attached hydrogen (secondary N) is 2. The number of benzene rings is 2. The van der Waals surface area contributed by atoms with Gasteiger partial charge in [0.2, 0.25) is 5.95 Å². The van der Waals surface area contributed by atoms with Gasteiger partial charge in [0.15, 0.2) is 0 Å². The van der Waals surface area contributed by atoms with E-state index in [9.17, 15) is 5.11 Å². The minimum Gasteiger partial charge on any atom is -0.396 e. The first-order chi connectivity index (χ1) is 18.0. The van der Waals surface area contributed by atoms with Crippen molar-refractivity contribution < 1.29 is 5.11 Å². The van der Waals surface area contributed by atoms with Crippen LogP contribution in [0.25, 0.3) is 0 Å². The van der Waals surface area contributed by atoms with E-state index in [1.807, 2.05) is 13.0 Å². The van der Waals surface area contributed by atoms with Gasteiger partial charge in [0, 0.05) is 45.2 Å². The Kier molecular flexibility index (Phi) is 9.41. The Morgan fingerprint density at radius 2 is 1.89 bits per heavy atom. The van der Waals surface area contributed by atoms with Gasteiger partial charge in [-0.15, -0.1) is 11.8 Å². The second-order valence-corrected chi connectivity index (χ2v) is 10.6. The Hall–Kier alpha value is -3.10. The maximum Gasteiger partial charge on any atom is 0.224 e. The van der Waals surface area contributed by atoms with Crippen LogP contribution >= 0.6 is 11.8 Å². The molecule has 0 aliphatic carbocycles. The second kappa shape index (κ2) is 12.9. The first-order valence-electron chi connectivity index (χ1n) is 13.0. The summed E-state index contributed by atoms with van der Waals surface area (Å²) in [5.41, 5.74) is 6.58. The molecule has 0 bridgehead atoms. The average Bonchev–Trinajstić information content (AvgIpc) is 2.91. The van der Waals surface area contributed by atoms with Crippen molar-refractivity contribution in [1.82, 2.24) is 9.97 Å². The van der Waals surface area contributed by atoms with E-state index in [1.54, 1.807) is 11.8 Å². The van der Waals surface area contributed by atoms with Gasteiger partial charge in [-0.1, -0.05) is 43.7 Å². The predicted molar refractivity (Wildman–Crippen MR) is 158 cm³/mol. The normalized spacial score (nSPS) is 13.5. The zero-order valence-corrected chi connectivity index (χ0v) is 23.1.